The van der Waals surface area contributed by atoms with E-state index in [1.165, 1.54) is 11.8 Å². The Morgan fingerprint density at radius 1 is 1.08 bits per heavy atom. The molecule has 1 atom stereocenters. The highest BCUT2D eigenvalue weighted by Crippen LogP contribution is 2.35. The number of nitrogens with zero attached hydrogens (tertiary/aromatic N) is 3. The van der Waals surface area contributed by atoms with E-state index in [0.717, 1.165) is 28.1 Å². The second kappa shape index (κ2) is 11.2. The van der Waals surface area contributed by atoms with Gasteiger partial charge in [-0.05, 0) is 47.9 Å². The number of benzene rings is 3. The molecule has 0 saturated heterocycles. The number of rotatable bonds is 8. The number of hydrogen-bond acceptors (Lipinski definition) is 6. The predicted octanol–water partition coefficient (Wildman–Crippen LogP) is 5.34. The molecule has 9 heteroatoms. The molecule has 0 saturated carbocycles. The van der Waals surface area contributed by atoms with Crippen LogP contribution in [-0.4, -0.2) is 40.9 Å². The van der Waals surface area contributed by atoms with E-state index in [1.807, 2.05) is 72.8 Å². The van der Waals surface area contributed by atoms with Crippen molar-refractivity contribution >= 4 is 51.9 Å². The summed E-state index contributed by atoms with van der Waals surface area (Å²) in [5.74, 6) is 1.62. The molecule has 0 spiro atoms. The van der Waals surface area contributed by atoms with Crippen molar-refractivity contribution in [1.82, 2.24) is 10.2 Å². The smallest absolute Gasteiger partial charge is 0.259 e. The van der Waals surface area contributed by atoms with Crippen molar-refractivity contribution in [3.8, 4) is 5.75 Å². The molecule has 2 heterocycles. The van der Waals surface area contributed by atoms with Gasteiger partial charge in [0.1, 0.15) is 17.6 Å². The first-order valence-electron chi connectivity index (χ1n) is 11.9. The molecule has 188 valence electrons. The molecule has 1 N–H and O–H groups in total. The minimum Gasteiger partial charge on any atom is -0.497 e. The van der Waals surface area contributed by atoms with Crippen molar-refractivity contribution in [2.45, 2.75) is 31.2 Å². The van der Waals surface area contributed by atoms with Crippen molar-refractivity contribution < 1.29 is 14.3 Å². The summed E-state index contributed by atoms with van der Waals surface area (Å²) < 4.78 is 5.16. The van der Waals surface area contributed by atoms with Gasteiger partial charge < -0.3 is 10.1 Å². The van der Waals surface area contributed by atoms with Gasteiger partial charge in [-0.2, -0.15) is 0 Å². The first kappa shape index (κ1) is 25.0. The van der Waals surface area contributed by atoms with E-state index in [4.69, 9.17) is 26.3 Å². The second-order valence-corrected chi connectivity index (χ2v) is 9.95. The number of aliphatic imine (C=N–C) groups is 2. The summed E-state index contributed by atoms with van der Waals surface area (Å²) in [6.45, 7) is 0.408. The molecule has 0 radical (unpaired) electrons. The number of thioether (sulfide) groups is 1. The Kier molecular flexibility index (Phi) is 7.58. The van der Waals surface area contributed by atoms with Crippen molar-refractivity contribution in [3.05, 3.63) is 94.5 Å². The third-order valence-corrected chi connectivity index (χ3v) is 7.51. The van der Waals surface area contributed by atoms with Gasteiger partial charge in [0.15, 0.2) is 5.17 Å². The quantitative estimate of drug-likeness (QED) is 0.424. The minimum absolute atomic E-state index is 0.129. The average molecular weight is 533 g/mol. The lowest BCUT2D eigenvalue weighted by atomic mass is 10.1. The molecule has 0 aliphatic carbocycles. The summed E-state index contributed by atoms with van der Waals surface area (Å²) >= 11 is 7.78. The van der Waals surface area contributed by atoms with Crippen LogP contribution in [0.4, 0.5) is 5.69 Å². The van der Waals surface area contributed by atoms with Gasteiger partial charge in [0.05, 0.1) is 12.8 Å². The largest absolute Gasteiger partial charge is 0.497 e. The number of amidine groups is 2. The Labute approximate surface area is 224 Å². The number of methoxy groups -OCH3 is 1. The number of carbonyl (C=O) groups excluding carboxylic acids is 2. The zero-order valence-electron chi connectivity index (χ0n) is 20.2. The fourth-order valence-corrected chi connectivity index (χ4v) is 5.43. The summed E-state index contributed by atoms with van der Waals surface area (Å²) in [7, 11) is 1.61. The first-order chi connectivity index (χ1) is 18.0. The predicted molar refractivity (Wildman–Crippen MR) is 148 cm³/mol. The lowest BCUT2D eigenvalue weighted by Crippen LogP contribution is -2.41. The van der Waals surface area contributed by atoms with Gasteiger partial charge in [0, 0.05) is 29.3 Å². The Morgan fingerprint density at radius 2 is 1.84 bits per heavy atom. The van der Waals surface area contributed by atoms with Crippen LogP contribution in [0.25, 0.3) is 0 Å². The van der Waals surface area contributed by atoms with Gasteiger partial charge in [0.2, 0.25) is 5.91 Å². The number of carbonyl (C=O) groups is 2. The summed E-state index contributed by atoms with van der Waals surface area (Å²) in [5.41, 5.74) is 3.51. The van der Waals surface area contributed by atoms with E-state index in [2.05, 4.69) is 5.32 Å². The topological polar surface area (TPSA) is 83.4 Å². The number of amides is 2. The minimum atomic E-state index is -0.640. The molecule has 0 fully saturated rings. The number of nitrogens with one attached hydrogen (secondary N) is 1. The SMILES string of the molecule is COc1ccc(CNC(=O)CC[C@@H]2N=C3c4ccccc4N=C(SCc4ccccc4Cl)N3C2=O)cc1. The molecule has 3 aromatic rings. The average Bonchev–Trinajstić information content (AvgIpc) is 3.27. The number of halogens is 1. The Bertz CT molecular complexity index is 1390. The van der Waals surface area contributed by atoms with E-state index < -0.39 is 6.04 Å². The van der Waals surface area contributed by atoms with E-state index in [-0.39, 0.29) is 18.2 Å². The van der Waals surface area contributed by atoms with Crippen LogP contribution in [0.15, 0.2) is 82.8 Å². The van der Waals surface area contributed by atoms with Crippen molar-refractivity contribution in [2.75, 3.05) is 7.11 Å². The lowest BCUT2D eigenvalue weighted by Gasteiger charge is -2.25. The Morgan fingerprint density at radius 3 is 2.62 bits per heavy atom. The highest BCUT2D eigenvalue weighted by molar-refractivity contribution is 8.13. The van der Waals surface area contributed by atoms with E-state index in [0.29, 0.717) is 34.7 Å². The normalized spacial score (nSPS) is 16.0. The molecule has 2 amide bonds. The number of hydrogen-bond donors (Lipinski definition) is 1. The zero-order chi connectivity index (χ0) is 25.8. The monoisotopic (exact) mass is 532 g/mol. The second-order valence-electron chi connectivity index (χ2n) is 8.60. The lowest BCUT2D eigenvalue weighted by molar-refractivity contribution is -0.125. The van der Waals surface area contributed by atoms with Gasteiger partial charge in [-0.1, -0.05) is 65.8 Å². The van der Waals surface area contributed by atoms with E-state index in [9.17, 15) is 9.59 Å². The molecule has 2 aliphatic heterocycles. The van der Waals surface area contributed by atoms with Crippen LogP contribution >= 0.6 is 23.4 Å². The summed E-state index contributed by atoms with van der Waals surface area (Å²) in [4.78, 5) is 37.1. The van der Waals surface area contributed by atoms with Crippen molar-refractivity contribution in [3.63, 3.8) is 0 Å². The van der Waals surface area contributed by atoms with Gasteiger partial charge in [-0.25, -0.2) is 9.89 Å². The maximum atomic E-state index is 13.4. The number of fused-ring (bicyclic) bond motifs is 3. The van der Waals surface area contributed by atoms with Crippen LogP contribution in [0.1, 0.15) is 29.5 Å². The summed E-state index contributed by atoms with van der Waals surface area (Å²) in [6, 6.07) is 22.1. The van der Waals surface area contributed by atoms with Gasteiger partial charge in [0.25, 0.3) is 5.91 Å². The molecule has 3 aromatic carbocycles. The van der Waals surface area contributed by atoms with Crippen molar-refractivity contribution in [2.24, 2.45) is 9.98 Å². The van der Waals surface area contributed by atoms with Crippen LogP contribution in [0, 0.1) is 0 Å². The van der Waals surface area contributed by atoms with E-state index in [1.54, 1.807) is 12.0 Å². The third kappa shape index (κ3) is 5.55. The molecule has 5 rings (SSSR count). The van der Waals surface area contributed by atoms with Crippen molar-refractivity contribution in [1.29, 1.82) is 0 Å². The van der Waals surface area contributed by atoms with Gasteiger partial charge in [-0.3, -0.25) is 14.6 Å². The highest BCUT2D eigenvalue weighted by Gasteiger charge is 2.41. The molecule has 37 heavy (non-hydrogen) atoms. The molecule has 0 aromatic heterocycles. The van der Waals surface area contributed by atoms with Crippen LogP contribution in [-0.2, 0) is 21.9 Å². The molecular weight excluding hydrogens is 508 g/mol. The maximum Gasteiger partial charge on any atom is 0.259 e. The van der Waals surface area contributed by atoms with Crippen LogP contribution in [0.5, 0.6) is 5.75 Å². The van der Waals surface area contributed by atoms with E-state index >= 15 is 0 Å². The standard InChI is InChI=1S/C28H25ClN4O3S/c1-36-20-12-10-18(11-13-20)16-30-25(34)15-14-24-27(35)33-26(31-24)21-7-3-5-9-23(21)32-28(33)37-17-19-6-2-4-8-22(19)29/h2-13,24H,14-17H2,1H3,(H,30,34)/t24-/m0/s1. The number of para-hydroxylation sites is 1. The molecule has 7 nitrogen and oxygen atoms in total. The first-order valence-corrected chi connectivity index (χ1v) is 13.3. The molecular formula is C28H25ClN4O3S. The third-order valence-electron chi connectivity index (χ3n) is 6.16. The van der Waals surface area contributed by atoms with Gasteiger partial charge in [-0.15, -0.1) is 0 Å². The molecule has 2 aliphatic rings. The number of ether oxygens (including phenoxy) is 1. The van der Waals surface area contributed by atoms with Crippen LogP contribution in [0.3, 0.4) is 0 Å². The summed E-state index contributed by atoms with van der Waals surface area (Å²) in [6.07, 6.45) is 0.510. The maximum absolute atomic E-state index is 13.4. The Balaban J connectivity index is 1.26. The summed E-state index contributed by atoms with van der Waals surface area (Å²) in [5, 5.41) is 4.15. The van der Waals surface area contributed by atoms with Gasteiger partial charge >= 0.3 is 0 Å². The fraction of sp³-hybridized carbons (Fsp3) is 0.214. The molecule has 0 bridgehead atoms. The van der Waals surface area contributed by atoms with Crippen LogP contribution in [0.2, 0.25) is 5.02 Å². The fourth-order valence-electron chi connectivity index (χ4n) is 4.14. The molecule has 0 unspecified atom stereocenters. The Hall–Kier alpha value is -3.62. The zero-order valence-corrected chi connectivity index (χ0v) is 21.8. The van der Waals surface area contributed by atoms with Crippen LogP contribution < -0.4 is 10.1 Å². The highest BCUT2D eigenvalue weighted by atomic mass is 35.5.